The SMILES string of the molecule is COc1ccc2c(c1)n(CC1CCC(C(=O)Nc3ncc(C)s3)CC1)c(=O)n2C. The Bertz CT molecular complexity index is 1090. The summed E-state index contributed by atoms with van der Waals surface area (Å²) in [5.41, 5.74) is 1.80. The maximum Gasteiger partial charge on any atom is 0.328 e. The number of fused-ring (bicyclic) bond motifs is 1. The number of nitrogens with one attached hydrogen (secondary N) is 1. The van der Waals surface area contributed by atoms with Crippen molar-refractivity contribution in [1.82, 2.24) is 14.1 Å². The lowest BCUT2D eigenvalue weighted by Gasteiger charge is -2.27. The molecule has 0 radical (unpaired) electrons. The van der Waals surface area contributed by atoms with Gasteiger partial charge in [-0.05, 0) is 50.7 Å². The summed E-state index contributed by atoms with van der Waals surface area (Å²) in [4.78, 5) is 30.6. The number of rotatable bonds is 5. The van der Waals surface area contributed by atoms with E-state index in [4.69, 9.17) is 4.74 Å². The van der Waals surface area contributed by atoms with Crippen molar-refractivity contribution in [1.29, 1.82) is 0 Å². The average molecular weight is 415 g/mol. The number of carbonyl (C=O) groups is 1. The van der Waals surface area contributed by atoms with Gasteiger partial charge in [0.1, 0.15) is 5.75 Å². The second-order valence-electron chi connectivity index (χ2n) is 7.79. The Morgan fingerprint density at radius 2 is 2.03 bits per heavy atom. The molecule has 1 saturated carbocycles. The fraction of sp³-hybridized carbons (Fsp3) is 0.476. The summed E-state index contributed by atoms with van der Waals surface area (Å²) in [5, 5.41) is 3.61. The van der Waals surface area contributed by atoms with Crippen molar-refractivity contribution in [3.05, 3.63) is 39.8 Å². The lowest BCUT2D eigenvalue weighted by atomic mass is 9.81. The molecule has 0 unspecified atom stereocenters. The number of hydrogen-bond donors (Lipinski definition) is 1. The van der Waals surface area contributed by atoms with Crippen molar-refractivity contribution in [2.45, 2.75) is 39.2 Å². The molecule has 1 aromatic carbocycles. The van der Waals surface area contributed by atoms with Gasteiger partial charge in [0.25, 0.3) is 0 Å². The molecular weight excluding hydrogens is 388 g/mol. The second-order valence-corrected chi connectivity index (χ2v) is 9.02. The molecule has 2 aromatic heterocycles. The van der Waals surface area contributed by atoms with Crippen molar-refractivity contribution in [3.8, 4) is 5.75 Å². The highest BCUT2D eigenvalue weighted by Crippen LogP contribution is 2.32. The van der Waals surface area contributed by atoms with Gasteiger partial charge < -0.3 is 10.1 Å². The number of carbonyl (C=O) groups excluding carboxylic acids is 1. The number of methoxy groups -OCH3 is 1. The van der Waals surface area contributed by atoms with Crippen LogP contribution in [0.3, 0.4) is 0 Å². The van der Waals surface area contributed by atoms with Gasteiger partial charge in [-0.2, -0.15) is 0 Å². The highest BCUT2D eigenvalue weighted by Gasteiger charge is 2.28. The maximum atomic E-state index is 12.8. The summed E-state index contributed by atoms with van der Waals surface area (Å²) >= 11 is 1.50. The van der Waals surface area contributed by atoms with E-state index in [1.807, 2.05) is 29.7 Å². The first kappa shape index (κ1) is 19.7. The summed E-state index contributed by atoms with van der Waals surface area (Å²) < 4.78 is 8.87. The molecule has 2 heterocycles. The van der Waals surface area contributed by atoms with Crippen LogP contribution in [0.5, 0.6) is 5.75 Å². The number of anilines is 1. The van der Waals surface area contributed by atoms with E-state index in [1.54, 1.807) is 24.9 Å². The van der Waals surface area contributed by atoms with Gasteiger partial charge in [0.05, 0.1) is 18.1 Å². The van der Waals surface area contributed by atoms with Crippen LogP contribution in [0.1, 0.15) is 30.6 Å². The third kappa shape index (κ3) is 3.94. The third-order valence-corrected chi connectivity index (χ3v) is 6.69. The number of aryl methyl sites for hydroxylation is 2. The van der Waals surface area contributed by atoms with E-state index in [0.717, 1.165) is 47.3 Å². The normalized spacial score (nSPS) is 19.4. The Morgan fingerprint density at radius 1 is 1.28 bits per heavy atom. The molecule has 4 rings (SSSR count). The molecule has 0 bridgehead atoms. The standard InChI is InChI=1S/C21H26N4O3S/c1-13-11-22-20(29-13)23-19(26)15-6-4-14(5-7-15)12-25-18-10-16(28-3)8-9-17(18)24(2)21(25)27/h8-11,14-15H,4-7,12H2,1-3H3,(H,22,23,26). The highest BCUT2D eigenvalue weighted by atomic mass is 32.1. The monoisotopic (exact) mass is 414 g/mol. The summed E-state index contributed by atoms with van der Waals surface area (Å²) in [6.07, 6.45) is 5.31. The quantitative estimate of drug-likeness (QED) is 0.692. The maximum absolute atomic E-state index is 12.8. The van der Waals surface area contributed by atoms with Crippen LogP contribution >= 0.6 is 11.3 Å². The first-order chi connectivity index (χ1) is 14.0. The zero-order chi connectivity index (χ0) is 20.5. The number of imidazole rings is 1. The molecule has 3 aromatic rings. The predicted octanol–water partition coefficient (Wildman–Crippen LogP) is 3.56. The van der Waals surface area contributed by atoms with Crippen LogP contribution in [0.2, 0.25) is 0 Å². The van der Waals surface area contributed by atoms with Crippen LogP contribution in [0.25, 0.3) is 11.0 Å². The van der Waals surface area contributed by atoms with Crippen molar-refractivity contribution in [3.63, 3.8) is 0 Å². The Morgan fingerprint density at radius 3 is 2.69 bits per heavy atom. The van der Waals surface area contributed by atoms with E-state index in [1.165, 1.54) is 11.3 Å². The van der Waals surface area contributed by atoms with E-state index in [-0.39, 0.29) is 17.5 Å². The molecular formula is C21H26N4O3S. The van der Waals surface area contributed by atoms with Crippen LogP contribution < -0.4 is 15.7 Å². The molecule has 1 aliphatic carbocycles. The number of ether oxygens (including phenoxy) is 1. The van der Waals surface area contributed by atoms with Crippen molar-refractivity contribution < 1.29 is 9.53 Å². The van der Waals surface area contributed by atoms with Gasteiger partial charge in [-0.25, -0.2) is 9.78 Å². The number of benzene rings is 1. The van der Waals surface area contributed by atoms with Gasteiger partial charge >= 0.3 is 5.69 Å². The highest BCUT2D eigenvalue weighted by molar-refractivity contribution is 7.15. The second kappa shape index (κ2) is 8.02. The Balaban J connectivity index is 1.43. The zero-order valence-corrected chi connectivity index (χ0v) is 17.8. The fourth-order valence-electron chi connectivity index (χ4n) is 4.18. The van der Waals surface area contributed by atoms with Crippen LogP contribution in [-0.2, 0) is 18.4 Å². The zero-order valence-electron chi connectivity index (χ0n) is 17.0. The fourth-order valence-corrected chi connectivity index (χ4v) is 4.85. The van der Waals surface area contributed by atoms with Gasteiger partial charge in [-0.3, -0.25) is 13.9 Å². The molecule has 29 heavy (non-hydrogen) atoms. The van der Waals surface area contributed by atoms with E-state index in [2.05, 4.69) is 10.3 Å². The lowest BCUT2D eigenvalue weighted by molar-refractivity contribution is -0.121. The van der Waals surface area contributed by atoms with Crippen molar-refractivity contribution in [2.75, 3.05) is 12.4 Å². The molecule has 0 aliphatic heterocycles. The molecule has 0 saturated heterocycles. The molecule has 1 fully saturated rings. The van der Waals surface area contributed by atoms with E-state index < -0.39 is 0 Å². The van der Waals surface area contributed by atoms with Crippen molar-refractivity contribution in [2.24, 2.45) is 18.9 Å². The number of hydrogen-bond acceptors (Lipinski definition) is 5. The van der Waals surface area contributed by atoms with Gasteiger partial charge in [0.2, 0.25) is 5.91 Å². The Hall–Kier alpha value is -2.61. The molecule has 1 aliphatic rings. The first-order valence-corrected chi connectivity index (χ1v) is 10.7. The number of thiazole rings is 1. The average Bonchev–Trinajstić information content (AvgIpc) is 3.24. The Labute approximate surface area is 173 Å². The lowest BCUT2D eigenvalue weighted by Crippen LogP contribution is -2.30. The van der Waals surface area contributed by atoms with Gasteiger partial charge in [-0.15, -0.1) is 11.3 Å². The van der Waals surface area contributed by atoms with Crippen molar-refractivity contribution >= 4 is 33.4 Å². The molecule has 0 atom stereocenters. The van der Waals surface area contributed by atoms with E-state index >= 15 is 0 Å². The smallest absolute Gasteiger partial charge is 0.328 e. The minimum Gasteiger partial charge on any atom is -0.497 e. The van der Waals surface area contributed by atoms with Gasteiger partial charge in [-0.1, -0.05) is 0 Å². The summed E-state index contributed by atoms with van der Waals surface area (Å²) in [6.45, 7) is 2.65. The number of amides is 1. The molecule has 8 heteroatoms. The largest absolute Gasteiger partial charge is 0.497 e. The first-order valence-electron chi connectivity index (χ1n) is 9.93. The van der Waals surface area contributed by atoms with Crippen LogP contribution in [0, 0.1) is 18.8 Å². The molecule has 1 N–H and O–H groups in total. The van der Waals surface area contributed by atoms with E-state index in [9.17, 15) is 9.59 Å². The summed E-state index contributed by atoms with van der Waals surface area (Å²) in [5.74, 6) is 1.20. The Kier molecular flexibility index (Phi) is 5.45. The minimum atomic E-state index is -0.00717. The molecule has 154 valence electrons. The van der Waals surface area contributed by atoms with Gasteiger partial charge in [0.15, 0.2) is 5.13 Å². The van der Waals surface area contributed by atoms with Crippen LogP contribution in [0.15, 0.2) is 29.2 Å². The van der Waals surface area contributed by atoms with Crippen LogP contribution in [0.4, 0.5) is 5.13 Å². The molecule has 1 amide bonds. The third-order valence-electron chi connectivity index (χ3n) is 5.86. The topological polar surface area (TPSA) is 78.2 Å². The predicted molar refractivity (Wildman–Crippen MR) is 115 cm³/mol. The van der Waals surface area contributed by atoms with Gasteiger partial charge in [0, 0.05) is 36.7 Å². The van der Waals surface area contributed by atoms with E-state index in [0.29, 0.717) is 17.6 Å². The molecule has 7 nitrogen and oxygen atoms in total. The number of nitrogens with zero attached hydrogens (tertiary/aromatic N) is 3. The minimum absolute atomic E-state index is 0.00717. The van der Waals surface area contributed by atoms with Crippen LogP contribution in [-0.4, -0.2) is 27.1 Å². The molecule has 0 spiro atoms. The summed E-state index contributed by atoms with van der Waals surface area (Å²) in [6, 6.07) is 5.72. The number of aromatic nitrogens is 3. The summed E-state index contributed by atoms with van der Waals surface area (Å²) in [7, 11) is 3.43.